The van der Waals surface area contributed by atoms with Crippen molar-refractivity contribution in [3.63, 3.8) is 0 Å². The van der Waals surface area contributed by atoms with Crippen LogP contribution in [0.15, 0.2) is 36.4 Å². The average molecular weight is 513 g/mol. The van der Waals surface area contributed by atoms with Crippen LogP contribution in [0.5, 0.6) is 0 Å². The Labute approximate surface area is 194 Å². The van der Waals surface area contributed by atoms with E-state index in [1.807, 2.05) is 0 Å². The molecule has 29 heavy (non-hydrogen) atoms. The van der Waals surface area contributed by atoms with Gasteiger partial charge in [-0.05, 0) is 36.4 Å². The van der Waals surface area contributed by atoms with Gasteiger partial charge in [0.25, 0.3) is 5.91 Å². The highest BCUT2D eigenvalue weighted by molar-refractivity contribution is 6.66. The third-order valence-corrected chi connectivity index (χ3v) is 5.15. The number of carbonyl (C=O) groups is 2. The number of aromatic nitrogens is 3. The quantitative estimate of drug-likeness (QED) is 0.337. The van der Waals surface area contributed by atoms with Crippen LogP contribution in [0.3, 0.4) is 0 Å². The van der Waals surface area contributed by atoms with Gasteiger partial charge in [0.1, 0.15) is 6.29 Å². The van der Waals surface area contributed by atoms with Gasteiger partial charge < -0.3 is 5.32 Å². The molecule has 0 aliphatic carbocycles. The number of hydrogen-bond donors (Lipinski definition) is 1. The molecule has 6 nitrogen and oxygen atoms in total. The molecule has 0 unspecified atom stereocenters. The first-order valence-corrected chi connectivity index (χ1v) is 9.92. The molecule has 1 amide bonds. The number of halogens is 6. The Bertz CT molecular complexity index is 1110. The Kier molecular flexibility index (Phi) is 6.63. The van der Waals surface area contributed by atoms with Crippen molar-refractivity contribution in [2.24, 2.45) is 0 Å². The SMILES string of the molecule is O=Cc1ccc(NC(=O)c2nc(C(Cl)(Cl)Cl)n(-c3ccc(Cl)c(Cl)c3)n2)c(Cl)c1. The number of rotatable bonds is 4. The number of nitrogens with one attached hydrogen (secondary N) is 1. The van der Waals surface area contributed by atoms with E-state index in [2.05, 4.69) is 15.4 Å². The second-order valence-corrected chi connectivity index (χ2v) is 9.08. The second kappa shape index (κ2) is 8.68. The number of nitrogens with zero attached hydrogens (tertiary/aromatic N) is 3. The molecule has 0 radical (unpaired) electrons. The number of anilines is 1. The van der Waals surface area contributed by atoms with E-state index in [1.165, 1.54) is 35.0 Å². The molecule has 3 aromatic rings. The van der Waals surface area contributed by atoms with Gasteiger partial charge in [0.2, 0.25) is 9.62 Å². The van der Waals surface area contributed by atoms with Gasteiger partial charge in [0, 0.05) is 5.56 Å². The summed E-state index contributed by atoms with van der Waals surface area (Å²) in [6.07, 6.45) is 0.630. The maximum absolute atomic E-state index is 12.6. The van der Waals surface area contributed by atoms with Crippen LogP contribution in [0.4, 0.5) is 5.69 Å². The third kappa shape index (κ3) is 4.97. The highest BCUT2D eigenvalue weighted by atomic mass is 35.6. The first-order chi connectivity index (χ1) is 13.6. The largest absolute Gasteiger partial charge is 0.318 e. The lowest BCUT2D eigenvalue weighted by molar-refractivity contribution is 0.101. The van der Waals surface area contributed by atoms with Crippen LogP contribution in [-0.2, 0) is 3.79 Å². The van der Waals surface area contributed by atoms with Crippen molar-refractivity contribution in [1.29, 1.82) is 0 Å². The zero-order chi connectivity index (χ0) is 21.3. The van der Waals surface area contributed by atoms with Crippen molar-refractivity contribution < 1.29 is 9.59 Å². The maximum Gasteiger partial charge on any atom is 0.295 e. The van der Waals surface area contributed by atoms with Gasteiger partial charge in [-0.3, -0.25) is 9.59 Å². The van der Waals surface area contributed by atoms with Crippen molar-refractivity contribution in [2.75, 3.05) is 5.32 Å². The van der Waals surface area contributed by atoms with Crippen molar-refractivity contribution in [3.8, 4) is 5.69 Å². The summed E-state index contributed by atoms with van der Waals surface area (Å²) in [4.78, 5) is 27.5. The van der Waals surface area contributed by atoms with Gasteiger partial charge in [-0.1, -0.05) is 69.6 Å². The molecule has 1 heterocycles. The molecule has 150 valence electrons. The number of benzene rings is 2. The van der Waals surface area contributed by atoms with E-state index in [1.54, 1.807) is 6.07 Å². The molecule has 0 saturated heterocycles. The molecule has 0 aliphatic heterocycles. The molecule has 0 atom stereocenters. The van der Waals surface area contributed by atoms with E-state index in [-0.39, 0.29) is 27.4 Å². The Morgan fingerprint density at radius 3 is 2.31 bits per heavy atom. The minimum atomic E-state index is -1.99. The standard InChI is InChI=1S/C17H8Cl6N4O2/c18-10-3-2-9(6-11(10)19)27-16(17(21,22)23)25-14(26-27)15(29)24-13-4-1-8(7-28)5-12(13)20/h1-7H,(H,24,29). The average Bonchev–Trinajstić information content (AvgIpc) is 3.11. The monoisotopic (exact) mass is 510 g/mol. The van der Waals surface area contributed by atoms with Crippen LogP contribution < -0.4 is 5.32 Å². The lowest BCUT2D eigenvalue weighted by Crippen LogP contribution is -2.14. The summed E-state index contributed by atoms with van der Waals surface area (Å²) >= 11 is 36.0. The fraction of sp³-hybridized carbons (Fsp3) is 0.0588. The summed E-state index contributed by atoms with van der Waals surface area (Å²) in [5, 5.41) is 7.37. The molecule has 3 rings (SSSR count). The van der Waals surface area contributed by atoms with Crippen LogP contribution in [0.1, 0.15) is 26.8 Å². The molecule has 1 N–H and O–H groups in total. The van der Waals surface area contributed by atoms with Gasteiger partial charge >= 0.3 is 0 Å². The molecule has 0 saturated carbocycles. The van der Waals surface area contributed by atoms with Gasteiger partial charge in [-0.2, -0.15) is 0 Å². The van der Waals surface area contributed by atoms with Gasteiger partial charge in [-0.25, -0.2) is 9.67 Å². The number of carbonyl (C=O) groups excluding carboxylic acids is 2. The zero-order valence-electron chi connectivity index (χ0n) is 14.0. The smallest absolute Gasteiger partial charge is 0.295 e. The van der Waals surface area contributed by atoms with Crippen LogP contribution in [0.2, 0.25) is 15.1 Å². The van der Waals surface area contributed by atoms with Crippen LogP contribution >= 0.6 is 69.6 Å². The second-order valence-electron chi connectivity index (χ2n) is 5.58. The Hall–Kier alpha value is -1.54. The van der Waals surface area contributed by atoms with Crippen LogP contribution in [-0.4, -0.2) is 27.0 Å². The molecular formula is C17H8Cl6N4O2. The molecule has 0 aliphatic rings. The van der Waals surface area contributed by atoms with Crippen molar-refractivity contribution in [3.05, 3.63) is 68.7 Å². The Morgan fingerprint density at radius 2 is 1.72 bits per heavy atom. The van der Waals surface area contributed by atoms with Gasteiger partial charge in [-0.15, -0.1) is 5.10 Å². The highest BCUT2D eigenvalue weighted by Gasteiger charge is 2.33. The zero-order valence-corrected chi connectivity index (χ0v) is 18.5. The molecule has 1 aromatic heterocycles. The summed E-state index contributed by atoms with van der Waals surface area (Å²) in [5.41, 5.74) is 0.984. The fourth-order valence-electron chi connectivity index (χ4n) is 2.27. The first kappa shape index (κ1) is 22.2. The number of alkyl halides is 3. The number of amides is 1. The van der Waals surface area contributed by atoms with Gasteiger partial charge in [0.05, 0.1) is 26.4 Å². The van der Waals surface area contributed by atoms with E-state index in [4.69, 9.17) is 69.6 Å². The van der Waals surface area contributed by atoms with Crippen molar-refractivity contribution >= 4 is 87.5 Å². The molecule has 12 heteroatoms. The lowest BCUT2D eigenvalue weighted by Gasteiger charge is -2.12. The number of aldehydes is 1. The van der Waals surface area contributed by atoms with E-state index in [9.17, 15) is 9.59 Å². The molecule has 2 aromatic carbocycles. The summed E-state index contributed by atoms with van der Waals surface area (Å²) in [5.74, 6) is -1.12. The fourth-order valence-corrected chi connectivity index (χ4v) is 3.17. The Balaban J connectivity index is 2.00. The molecule has 0 spiro atoms. The third-order valence-electron chi connectivity index (χ3n) is 3.59. The molecule has 0 fully saturated rings. The predicted octanol–water partition coefficient (Wildman–Crippen LogP) is 6.12. The van der Waals surface area contributed by atoms with Crippen LogP contribution in [0.25, 0.3) is 5.69 Å². The molecule has 0 bridgehead atoms. The normalized spacial score (nSPS) is 11.4. The summed E-state index contributed by atoms with van der Waals surface area (Å²) in [6.45, 7) is 0. The van der Waals surface area contributed by atoms with E-state index in [0.717, 1.165) is 0 Å². The summed E-state index contributed by atoms with van der Waals surface area (Å²) in [6, 6.07) is 8.93. The van der Waals surface area contributed by atoms with Crippen molar-refractivity contribution in [2.45, 2.75) is 3.79 Å². The van der Waals surface area contributed by atoms with Gasteiger partial charge in [0.15, 0.2) is 5.82 Å². The summed E-state index contributed by atoms with van der Waals surface area (Å²) < 4.78 is -0.817. The topological polar surface area (TPSA) is 76.9 Å². The van der Waals surface area contributed by atoms with E-state index < -0.39 is 9.70 Å². The lowest BCUT2D eigenvalue weighted by atomic mass is 10.2. The Morgan fingerprint density at radius 1 is 1.00 bits per heavy atom. The predicted molar refractivity (Wildman–Crippen MR) is 115 cm³/mol. The minimum Gasteiger partial charge on any atom is -0.318 e. The van der Waals surface area contributed by atoms with Crippen molar-refractivity contribution in [1.82, 2.24) is 14.8 Å². The maximum atomic E-state index is 12.6. The summed E-state index contributed by atoms with van der Waals surface area (Å²) in [7, 11) is 0. The first-order valence-electron chi connectivity index (χ1n) is 7.66. The molecular weight excluding hydrogens is 505 g/mol. The highest BCUT2D eigenvalue weighted by Crippen LogP contribution is 2.38. The number of hydrogen-bond acceptors (Lipinski definition) is 4. The van der Waals surface area contributed by atoms with E-state index >= 15 is 0 Å². The minimum absolute atomic E-state index is 0.131. The van der Waals surface area contributed by atoms with Crippen LogP contribution in [0, 0.1) is 0 Å². The van der Waals surface area contributed by atoms with E-state index in [0.29, 0.717) is 22.6 Å².